The minimum Gasteiger partial charge on any atom is -0.376 e. The third-order valence-electron chi connectivity index (χ3n) is 3.73. The molecule has 3 nitrogen and oxygen atoms in total. The average Bonchev–Trinajstić information content (AvgIpc) is 2.95. The van der Waals surface area contributed by atoms with Crippen LogP contribution in [0.5, 0.6) is 0 Å². The predicted octanol–water partition coefficient (Wildman–Crippen LogP) is 3.29. The van der Waals surface area contributed by atoms with E-state index >= 15 is 0 Å². The molecule has 1 aromatic carbocycles. The van der Waals surface area contributed by atoms with Gasteiger partial charge < -0.3 is 10.1 Å². The first-order chi connectivity index (χ1) is 9.95. The zero-order chi connectivity index (χ0) is 15.3. The van der Waals surface area contributed by atoms with E-state index in [2.05, 4.69) is 38.2 Å². The van der Waals surface area contributed by atoms with Crippen molar-refractivity contribution >= 4 is 12.0 Å². The summed E-state index contributed by atoms with van der Waals surface area (Å²) in [5.74, 6) is -0.0644. The molecule has 0 unspecified atom stereocenters. The molecule has 1 aliphatic rings. The summed E-state index contributed by atoms with van der Waals surface area (Å²) in [7, 11) is 0. The van der Waals surface area contributed by atoms with Gasteiger partial charge in [-0.25, -0.2) is 0 Å². The summed E-state index contributed by atoms with van der Waals surface area (Å²) in [4.78, 5) is 11.7. The highest BCUT2D eigenvalue weighted by Gasteiger charge is 2.15. The van der Waals surface area contributed by atoms with Gasteiger partial charge in [-0.1, -0.05) is 45.0 Å². The Bertz CT molecular complexity index is 491. The van der Waals surface area contributed by atoms with E-state index in [1.54, 1.807) is 6.08 Å². The number of ether oxygens (including phenoxy) is 1. The molecule has 1 aliphatic heterocycles. The lowest BCUT2D eigenvalue weighted by Crippen LogP contribution is -2.30. The molecule has 0 radical (unpaired) electrons. The fraction of sp³-hybridized carbons (Fsp3) is 0.500. The third-order valence-corrected chi connectivity index (χ3v) is 3.73. The second kappa shape index (κ2) is 6.90. The Morgan fingerprint density at radius 2 is 2.05 bits per heavy atom. The van der Waals surface area contributed by atoms with E-state index < -0.39 is 0 Å². The van der Waals surface area contributed by atoms with Crippen molar-refractivity contribution in [2.24, 2.45) is 0 Å². The van der Waals surface area contributed by atoms with Gasteiger partial charge in [-0.3, -0.25) is 4.79 Å². The van der Waals surface area contributed by atoms with Gasteiger partial charge in [-0.15, -0.1) is 0 Å². The molecule has 1 fully saturated rings. The van der Waals surface area contributed by atoms with Crippen LogP contribution in [0.2, 0.25) is 0 Å². The maximum absolute atomic E-state index is 11.7. The Morgan fingerprint density at radius 3 is 2.62 bits per heavy atom. The van der Waals surface area contributed by atoms with Crippen LogP contribution in [0.3, 0.4) is 0 Å². The van der Waals surface area contributed by atoms with Crippen LogP contribution in [0.25, 0.3) is 6.08 Å². The van der Waals surface area contributed by atoms with Crippen molar-refractivity contribution < 1.29 is 9.53 Å². The number of hydrogen-bond acceptors (Lipinski definition) is 2. The Morgan fingerprint density at radius 1 is 1.33 bits per heavy atom. The topological polar surface area (TPSA) is 38.3 Å². The van der Waals surface area contributed by atoms with E-state index in [0.717, 1.165) is 25.0 Å². The number of carbonyl (C=O) groups is 1. The molecule has 1 saturated heterocycles. The predicted molar refractivity (Wildman–Crippen MR) is 86.2 cm³/mol. The molecule has 0 bridgehead atoms. The second-order valence-corrected chi connectivity index (χ2v) is 6.59. The summed E-state index contributed by atoms with van der Waals surface area (Å²) >= 11 is 0. The average molecular weight is 287 g/mol. The van der Waals surface area contributed by atoms with Crippen molar-refractivity contribution in [3.8, 4) is 0 Å². The lowest BCUT2D eigenvalue weighted by molar-refractivity contribution is -0.116. The quantitative estimate of drug-likeness (QED) is 0.863. The summed E-state index contributed by atoms with van der Waals surface area (Å²) < 4.78 is 5.47. The van der Waals surface area contributed by atoms with E-state index in [4.69, 9.17) is 4.74 Å². The first-order valence-corrected chi connectivity index (χ1v) is 7.63. The van der Waals surface area contributed by atoms with Crippen molar-refractivity contribution in [2.75, 3.05) is 13.2 Å². The number of benzene rings is 1. The molecule has 0 spiro atoms. The number of carbonyl (C=O) groups excluding carboxylic acids is 1. The fourth-order valence-corrected chi connectivity index (χ4v) is 2.34. The molecule has 2 rings (SSSR count). The lowest BCUT2D eigenvalue weighted by Gasteiger charge is -2.18. The first-order valence-electron chi connectivity index (χ1n) is 7.63. The van der Waals surface area contributed by atoms with Crippen LogP contribution in [0.1, 0.15) is 44.7 Å². The summed E-state index contributed by atoms with van der Waals surface area (Å²) in [5, 5.41) is 2.88. The van der Waals surface area contributed by atoms with Crippen molar-refractivity contribution in [3.05, 3.63) is 41.5 Å². The molecule has 0 saturated carbocycles. The monoisotopic (exact) mass is 287 g/mol. The van der Waals surface area contributed by atoms with Gasteiger partial charge in [0.2, 0.25) is 5.91 Å². The van der Waals surface area contributed by atoms with Crippen LogP contribution in [-0.4, -0.2) is 25.2 Å². The van der Waals surface area contributed by atoms with Gasteiger partial charge in [0.15, 0.2) is 0 Å². The van der Waals surface area contributed by atoms with E-state index in [1.807, 2.05) is 18.2 Å². The van der Waals surface area contributed by atoms with Crippen molar-refractivity contribution in [1.29, 1.82) is 0 Å². The van der Waals surface area contributed by atoms with Gasteiger partial charge >= 0.3 is 0 Å². The highest BCUT2D eigenvalue weighted by Crippen LogP contribution is 2.22. The van der Waals surface area contributed by atoms with Crippen LogP contribution in [0.4, 0.5) is 0 Å². The highest BCUT2D eigenvalue weighted by atomic mass is 16.5. The van der Waals surface area contributed by atoms with Gasteiger partial charge in [-0.2, -0.15) is 0 Å². The summed E-state index contributed by atoms with van der Waals surface area (Å²) in [6.45, 7) is 7.99. The lowest BCUT2D eigenvalue weighted by atomic mass is 9.87. The Hall–Kier alpha value is -1.61. The molecule has 1 N–H and O–H groups in total. The normalized spacial score (nSPS) is 19.1. The summed E-state index contributed by atoms with van der Waals surface area (Å²) in [5.41, 5.74) is 2.48. The summed E-state index contributed by atoms with van der Waals surface area (Å²) in [6.07, 6.45) is 5.75. The highest BCUT2D eigenvalue weighted by molar-refractivity contribution is 5.91. The van der Waals surface area contributed by atoms with Crippen LogP contribution in [0, 0.1) is 0 Å². The van der Waals surface area contributed by atoms with E-state index in [-0.39, 0.29) is 17.4 Å². The van der Waals surface area contributed by atoms with E-state index in [1.165, 1.54) is 5.56 Å². The molecule has 1 amide bonds. The zero-order valence-corrected chi connectivity index (χ0v) is 13.2. The smallest absolute Gasteiger partial charge is 0.244 e. The molecule has 114 valence electrons. The fourth-order valence-electron chi connectivity index (χ4n) is 2.34. The summed E-state index contributed by atoms with van der Waals surface area (Å²) in [6, 6.07) is 8.32. The number of rotatable bonds is 4. The first kappa shape index (κ1) is 15.8. The Labute approximate surface area is 127 Å². The van der Waals surface area contributed by atoms with Gasteiger partial charge in [-0.05, 0) is 35.5 Å². The molecule has 21 heavy (non-hydrogen) atoms. The zero-order valence-electron chi connectivity index (χ0n) is 13.2. The number of amides is 1. The van der Waals surface area contributed by atoms with Crippen LogP contribution >= 0.6 is 0 Å². The Kier molecular flexibility index (Phi) is 5.18. The van der Waals surface area contributed by atoms with Gasteiger partial charge in [0.25, 0.3) is 0 Å². The molecular weight excluding hydrogens is 262 g/mol. The van der Waals surface area contributed by atoms with Crippen molar-refractivity contribution in [2.45, 2.75) is 45.1 Å². The van der Waals surface area contributed by atoms with E-state index in [9.17, 15) is 4.79 Å². The molecule has 3 heteroatoms. The third kappa shape index (κ3) is 5.01. The van der Waals surface area contributed by atoms with Gasteiger partial charge in [0, 0.05) is 19.2 Å². The molecule has 1 heterocycles. The largest absolute Gasteiger partial charge is 0.376 e. The molecule has 1 atom stereocenters. The number of nitrogens with one attached hydrogen (secondary N) is 1. The van der Waals surface area contributed by atoms with Gasteiger partial charge in [0.1, 0.15) is 0 Å². The minimum absolute atomic E-state index is 0.0644. The molecule has 0 aliphatic carbocycles. The minimum atomic E-state index is -0.0644. The Balaban J connectivity index is 1.83. The van der Waals surface area contributed by atoms with Crippen molar-refractivity contribution in [1.82, 2.24) is 5.32 Å². The molecule has 1 aromatic rings. The SMILES string of the molecule is CC(C)(C)c1ccc(/C=C/C(=O)NC[C@H]2CCCO2)cc1. The van der Waals surface area contributed by atoms with Crippen LogP contribution in [-0.2, 0) is 14.9 Å². The van der Waals surface area contributed by atoms with Gasteiger partial charge in [0.05, 0.1) is 6.10 Å². The standard InChI is InChI=1S/C18H25NO2/c1-18(2,3)15-9-6-14(7-10-15)8-11-17(20)19-13-16-5-4-12-21-16/h6-11,16H,4-5,12-13H2,1-3H3,(H,19,20)/b11-8+/t16-/m1/s1. The second-order valence-electron chi connectivity index (χ2n) is 6.59. The maximum Gasteiger partial charge on any atom is 0.244 e. The molecular formula is C18H25NO2. The maximum atomic E-state index is 11.7. The van der Waals surface area contributed by atoms with Crippen LogP contribution < -0.4 is 5.32 Å². The van der Waals surface area contributed by atoms with E-state index in [0.29, 0.717) is 6.54 Å². The van der Waals surface area contributed by atoms with Crippen LogP contribution in [0.15, 0.2) is 30.3 Å². The molecule has 0 aromatic heterocycles. The van der Waals surface area contributed by atoms with Crippen molar-refractivity contribution in [3.63, 3.8) is 0 Å². The number of hydrogen-bond donors (Lipinski definition) is 1.